The first-order valence-electron chi connectivity index (χ1n) is 10.2. The Morgan fingerprint density at radius 1 is 1.21 bits per heavy atom. The Kier molecular flexibility index (Phi) is 7.19. The van der Waals surface area contributed by atoms with Gasteiger partial charge in [-0.2, -0.15) is 0 Å². The molecule has 1 aliphatic rings. The monoisotopic (exact) mass is 460 g/mol. The fourth-order valence-electron chi connectivity index (χ4n) is 4.04. The molecule has 2 N–H and O–H groups in total. The summed E-state index contributed by atoms with van der Waals surface area (Å²) >= 11 is 3.41. The van der Waals surface area contributed by atoms with Crippen molar-refractivity contribution in [3.05, 3.63) is 58.1 Å². The number of halogens is 1. The van der Waals surface area contributed by atoms with Crippen LogP contribution >= 0.6 is 15.9 Å². The number of nitrogens with zero attached hydrogens (tertiary/aromatic N) is 2. The van der Waals surface area contributed by atoms with Gasteiger partial charge in [0.15, 0.2) is 0 Å². The Hall–Kier alpha value is -2.05. The molecule has 1 aliphatic heterocycles. The van der Waals surface area contributed by atoms with Gasteiger partial charge in [0.2, 0.25) is 0 Å². The quantitative estimate of drug-likeness (QED) is 0.661. The van der Waals surface area contributed by atoms with Crippen molar-refractivity contribution in [2.75, 3.05) is 31.1 Å². The molecule has 0 saturated carbocycles. The number of phenols is 1. The number of piperidine rings is 1. The Labute approximate surface area is 181 Å². The number of carbonyl (C=O) groups is 1. The largest absolute Gasteiger partial charge is 0.507 e. The van der Waals surface area contributed by atoms with Crippen molar-refractivity contribution in [2.24, 2.45) is 5.92 Å². The van der Waals surface area contributed by atoms with Crippen molar-refractivity contribution < 1.29 is 15.0 Å². The summed E-state index contributed by atoms with van der Waals surface area (Å²) in [4.78, 5) is 16.9. The van der Waals surface area contributed by atoms with Crippen molar-refractivity contribution in [1.82, 2.24) is 4.90 Å². The van der Waals surface area contributed by atoms with Crippen molar-refractivity contribution in [2.45, 2.75) is 32.8 Å². The van der Waals surface area contributed by atoms with E-state index in [-0.39, 0.29) is 17.6 Å². The number of likely N-dealkylation sites (tertiary alicyclic amines) is 1. The number of anilines is 1. The fraction of sp³-hybridized carbons (Fsp3) is 0.435. The Morgan fingerprint density at radius 3 is 2.52 bits per heavy atom. The lowest BCUT2D eigenvalue weighted by atomic mass is 9.88. The number of carbonyl (C=O) groups excluding carboxylic acids is 1. The van der Waals surface area contributed by atoms with Crippen LogP contribution in [0.5, 0.6) is 5.75 Å². The molecule has 1 amide bonds. The smallest absolute Gasteiger partial charge is 0.257 e. The van der Waals surface area contributed by atoms with Crippen molar-refractivity contribution in [3.8, 4) is 5.75 Å². The van der Waals surface area contributed by atoms with Crippen LogP contribution in [0, 0.1) is 5.92 Å². The Bertz CT molecular complexity index is 837. The van der Waals surface area contributed by atoms with Gasteiger partial charge in [-0.05, 0) is 56.5 Å². The highest BCUT2D eigenvalue weighted by Crippen LogP contribution is 2.32. The van der Waals surface area contributed by atoms with E-state index in [1.54, 1.807) is 17.0 Å². The first-order chi connectivity index (χ1) is 13.9. The zero-order valence-electron chi connectivity index (χ0n) is 17.0. The lowest BCUT2D eigenvalue weighted by Gasteiger charge is -2.35. The third kappa shape index (κ3) is 4.93. The molecule has 1 heterocycles. The highest BCUT2D eigenvalue weighted by molar-refractivity contribution is 9.10. The van der Waals surface area contributed by atoms with Crippen LogP contribution in [0.2, 0.25) is 0 Å². The van der Waals surface area contributed by atoms with Gasteiger partial charge in [0, 0.05) is 48.3 Å². The average molecular weight is 461 g/mol. The molecule has 0 aliphatic carbocycles. The van der Waals surface area contributed by atoms with Crippen LogP contribution in [0.3, 0.4) is 0 Å². The standard InChI is InChI=1S/C23H29BrN2O3/c1-3-25(4-2)19-11-12-20(21(27)14-19)23(29)26-13-5-6-17(15-26)22(28)16-7-9-18(24)10-8-16/h7-12,14,17,22,27-28H,3-6,13,15H2,1-2H3. The molecule has 1 fully saturated rings. The minimum absolute atomic E-state index is 0.00924. The maximum atomic E-state index is 13.1. The van der Waals surface area contributed by atoms with Crippen LogP contribution < -0.4 is 4.90 Å². The van der Waals surface area contributed by atoms with E-state index >= 15 is 0 Å². The lowest BCUT2D eigenvalue weighted by molar-refractivity contribution is 0.0399. The first-order valence-corrected chi connectivity index (χ1v) is 11.0. The van der Waals surface area contributed by atoms with Crippen molar-refractivity contribution >= 4 is 27.5 Å². The third-order valence-corrected chi connectivity index (χ3v) is 6.27. The molecule has 156 valence electrons. The van der Waals surface area contributed by atoms with E-state index < -0.39 is 6.10 Å². The topological polar surface area (TPSA) is 64.0 Å². The van der Waals surface area contributed by atoms with Crippen molar-refractivity contribution in [3.63, 3.8) is 0 Å². The van der Waals surface area contributed by atoms with E-state index in [4.69, 9.17) is 0 Å². The van der Waals surface area contributed by atoms with E-state index in [1.807, 2.05) is 30.3 Å². The van der Waals surface area contributed by atoms with Gasteiger partial charge in [-0.3, -0.25) is 4.79 Å². The number of benzene rings is 2. The minimum atomic E-state index is -0.614. The summed E-state index contributed by atoms with van der Waals surface area (Å²) in [6, 6.07) is 12.9. The van der Waals surface area contributed by atoms with Crippen LogP contribution in [0.25, 0.3) is 0 Å². The molecule has 2 unspecified atom stereocenters. The number of phenolic OH excluding ortho intramolecular Hbond substituents is 1. The predicted molar refractivity (Wildman–Crippen MR) is 119 cm³/mol. The molecule has 2 aromatic carbocycles. The maximum absolute atomic E-state index is 13.1. The second-order valence-corrected chi connectivity index (χ2v) is 8.44. The molecule has 0 aromatic heterocycles. The number of aliphatic hydroxyl groups excluding tert-OH is 1. The summed E-state index contributed by atoms with van der Waals surface area (Å²) < 4.78 is 0.970. The third-order valence-electron chi connectivity index (χ3n) is 5.74. The number of amides is 1. The van der Waals surface area contributed by atoms with E-state index in [2.05, 4.69) is 34.7 Å². The number of hydrogen-bond donors (Lipinski definition) is 2. The molecule has 5 nitrogen and oxygen atoms in total. The Morgan fingerprint density at radius 2 is 1.90 bits per heavy atom. The summed E-state index contributed by atoms with van der Waals surface area (Å²) in [5.41, 5.74) is 2.09. The second kappa shape index (κ2) is 9.63. The molecule has 3 rings (SSSR count). The zero-order valence-corrected chi connectivity index (χ0v) is 18.6. The van der Waals surface area contributed by atoms with Crippen LogP contribution in [0.1, 0.15) is 48.7 Å². The molecule has 1 saturated heterocycles. The van der Waals surface area contributed by atoms with Gasteiger partial charge >= 0.3 is 0 Å². The average Bonchev–Trinajstić information content (AvgIpc) is 2.74. The highest BCUT2D eigenvalue weighted by atomic mass is 79.9. The highest BCUT2D eigenvalue weighted by Gasteiger charge is 2.30. The summed E-state index contributed by atoms with van der Waals surface area (Å²) in [7, 11) is 0. The first kappa shape index (κ1) is 21.7. The number of rotatable bonds is 6. The van der Waals surface area contributed by atoms with Gasteiger partial charge in [-0.15, -0.1) is 0 Å². The molecule has 0 bridgehead atoms. The van der Waals surface area contributed by atoms with Crippen LogP contribution in [0.4, 0.5) is 5.69 Å². The van der Waals surface area contributed by atoms with E-state index in [1.165, 1.54) is 0 Å². The SMILES string of the molecule is CCN(CC)c1ccc(C(=O)N2CCCC(C(O)c3ccc(Br)cc3)C2)c(O)c1. The van der Waals surface area contributed by atoms with Crippen LogP contribution in [0.15, 0.2) is 46.9 Å². The second-order valence-electron chi connectivity index (χ2n) is 7.52. The lowest BCUT2D eigenvalue weighted by Crippen LogP contribution is -2.41. The Balaban J connectivity index is 1.73. The molecule has 2 atom stereocenters. The molecular weight excluding hydrogens is 432 g/mol. The predicted octanol–water partition coefficient (Wildman–Crippen LogP) is 4.59. The molecule has 0 spiro atoms. The van der Waals surface area contributed by atoms with Gasteiger partial charge in [-0.1, -0.05) is 28.1 Å². The number of aliphatic hydroxyl groups is 1. The summed E-state index contributed by atoms with van der Waals surface area (Å²) in [5, 5.41) is 21.3. The summed E-state index contributed by atoms with van der Waals surface area (Å²) in [6.07, 6.45) is 1.09. The van der Waals surface area contributed by atoms with Crippen molar-refractivity contribution in [1.29, 1.82) is 0 Å². The normalized spacial score (nSPS) is 17.8. The van der Waals surface area contributed by atoms with Gasteiger partial charge < -0.3 is 20.0 Å². The van der Waals surface area contributed by atoms with Gasteiger partial charge in [0.25, 0.3) is 5.91 Å². The van der Waals surface area contributed by atoms with E-state index in [0.29, 0.717) is 18.7 Å². The zero-order chi connectivity index (χ0) is 21.0. The van der Waals surface area contributed by atoms with Gasteiger partial charge in [0.1, 0.15) is 5.75 Å². The fourth-order valence-corrected chi connectivity index (χ4v) is 4.31. The summed E-state index contributed by atoms with van der Waals surface area (Å²) in [6.45, 7) is 6.91. The van der Waals surface area contributed by atoms with Crippen LogP contribution in [-0.2, 0) is 0 Å². The number of hydrogen-bond acceptors (Lipinski definition) is 4. The minimum Gasteiger partial charge on any atom is -0.507 e. The van der Waals surface area contributed by atoms with E-state index in [0.717, 1.165) is 41.7 Å². The molecule has 2 aromatic rings. The molecule has 29 heavy (non-hydrogen) atoms. The summed E-state index contributed by atoms with van der Waals surface area (Å²) in [5.74, 6) is -0.192. The maximum Gasteiger partial charge on any atom is 0.257 e. The molecular formula is C23H29BrN2O3. The van der Waals surface area contributed by atoms with Gasteiger partial charge in [-0.25, -0.2) is 0 Å². The number of aromatic hydroxyl groups is 1. The molecule has 6 heteroatoms. The molecule has 0 radical (unpaired) electrons. The van der Waals surface area contributed by atoms with E-state index in [9.17, 15) is 15.0 Å². The van der Waals surface area contributed by atoms with Gasteiger partial charge in [0.05, 0.1) is 11.7 Å². The van der Waals surface area contributed by atoms with Crippen LogP contribution in [-0.4, -0.2) is 47.2 Å².